The van der Waals surface area contributed by atoms with Crippen LogP contribution < -0.4 is 4.74 Å². The summed E-state index contributed by atoms with van der Waals surface area (Å²) in [6.07, 6.45) is -0.471. The van der Waals surface area contributed by atoms with E-state index < -0.39 is 6.10 Å². The van der Waals surface area contributed by atoms with Crippen molar-refractivity contribution in [3.05, 3.63) is 42.5 Å². The third-order valence-electron chi connectivity index (χ3n) is 2.82. The summed E-state index contributed by atoms with van der Waals surface area (Å²) in [5, 5.41) is 2.27. The number of rotatable bonds is 3. The van der Waals surface area contributed by atoms with E-state index in [1.807, 2.05) is 42.5 Å². The fourth-order valence-corrected chi connectivity index (χ4v) is 1.86. The lowest BCUT2D eigenvalue weighted by Crippen LogP contribution is -2.35. The van der Waals surface area contributed by atoms with Crippen LogP contribution in [0.3, 0.4) is 0 Å². The molecule has 2 aromatic carbocycles. The molecular formula is C15H17NO2. The van der Waals surface area contributed by atoms with Gasteiger partial charge in [-0.2, -0.15) is 0 Å². The molecule has 0 heterocycles. The normalized spacial score (nSPS) is 12.2. The van der Waals surface area contributed by atoms with Crippen LogP contribution in [0.15, 0.2) is 42.5 Å². The van der Waals surface area contributed by atoms with Crippen molar-refractivity contribution < 1.29 is 9.53 Å². The van der Waals surface area contributed by atoms with Gasteiger partial charge in [0.2, 0.25) is 0 Å². The Labute approximate surface area is 107 Å². The van der Waals surface area contributed by atoms with Gasteiger partial charge in [0.25, 0.3) is 5.91 Å². The minimum atomic E-state index is -0.471. The van der Waals surface area contributed by atoms with Crippen LogP contribution in [0.2, 0.25) is 0 Å². The van der Waals surface area contributed by atoms with Gasteiger partial charge in [0.05, 0.1) is 0 Å². The molecule has 3 nitrogen and oxygen atoms in total. The molecule has 0 N–H and O–H groups in total. The molecule has 0 aliphatic rings. The summed E-state index contributed by atoms with van der Waals surface area (Å²) < 4.78 is 5.65. The van der Waals surface area contributed by atoms with Crippen molar-refractivity contribution in [1.82, 2.24) is 4.90 Å². The maximum atomic E-state index is 11.7. The number of fused-ring (bicyclic) bond motifs is 1. The van der Waals surface area contributed by atoms with E-state index in [9.17, 15) is 4.79 Å². The Kier molecular flexibility index (Phi) is 3.51. The zero-order valence-corrected chi connectivity index (χ0v) is 10.9. The van der Waals surface area contributed by atoms with E-state index in [1.54, 1.807) is 21.0 Å². The molecule has 2 aromatic rings. The van der Waals surface area contributed by atoms with Gasteiger partial charge < -0.3 is 9.64 Å². The number of likely N-dealkylation sites (N-methyl/N-ethyl adjacent to an activating group) is 1. The molecule has 18 heavy (non-hydrogen) atoms. The van der Waals surface area contributed by atoms with E-state index in [-0.39, 0.29) is 5.91 Å². The standard InChI is InChI=1S/C15H17NO2/c1-11(15(17)16(2)3)18-14-9-8-12-6-4-5-7-13(12)10-14/h4-11H,1-3H3/t11-/m0/s1. The SMILES string of the molecule is C[C@H](Oc1ccc2ccccc2c1)C(=O)N(C)C. The Morgan fingerprint density at radius 1 is 1.11 bits per heavy atom. The summed E-state index contributed by atoms with van der Waals surface area (Å²) in [4.78, 5) is 13.2. The highest BCUT2D eigenvalue weighted by molar-refractivity contribution is 5.84. The lowest BCUT2D eigenvalue weighted by molar-refractivity contribution is -0.135. The van der Waals surface area contributed by atoms with Gasteiger partial charge in [-0.1, -0.05) is 30.3 Å². The number of benzene rings is 2. The maximum Gasteiger partial charge on any atom is 0.262 e. The highest BCUT2D eigenvalue weighted by Crippen LogP contribution is 2.21. The topological polar surface area (TPSA) is 29.5 Å². The van der Waals surface area contributed by atoms with Gasteiger partial charge in [0, 0.05) is 14.1 Å². The van der Waals surface area contributed by atoms with Crippen molar-refractivity contribution in [2.75, 3.05) is 14.1 Å². The third kappa shape index (κ3) is 2.62. The van der Waals surface area contributed by atoms with Crippen LogP contribution in [-0.2, 0) is 4.79 Å². The van der Waals surface area contributed by atoms with Crippen molar-refractivity contribution in [3.8, 4) is 5.75 Å². The molecule has 0 unspecified atom stereocenters. The molecule has 1 atom stereocenters. The molecule has 1 amide bonds. The fraction of sp³-hybridized carbons (Fsp3) is 0.267. The molecule has 0 saturated heterocycles. The first-order chi connectivity index (χ1) is 8.58. The summed E-state index contributed by atoms with van der Waals surface area (Å²) in [5.74, 6) is 0.680. The van der Waals surface area contributed by atoms with Crippen molar-refractivity contribution in [2.45, 2.75) is 13.0 Å². The predicted octanol–water partition coefficient (Wildman–Crippen LogP) is 2.70. The van der Waals surface area contributed by atoms with E-state index in [0.717, 1.165) is 16.5 Å². The highest BCUT2D eigenvalue weighted by atomic mass is 16.5. The van der Waals surface area contributed by atoms with Crippen LogP contribution in [0.5, 0.6) is 5.75 Å². The molecule has 2 rings (SSSR count). The largest absolute Gasteiger partial charge is 0.481 e. The van der Waals surface area contributed by atoms with Gasteiger partial charge in [-0.25, -0.2) is 0 Å². The lowest BCUT2D eigenvalue weighted by Gasteiger charge is -2.18. The van der Waals surface area contributed by atoms with Gasteiger partial charge in [-0.3, -0.25) is 4.79 Å². The van der Waals surface area contributed by atoms with Crippen LogP contribution in [0.4, 0.5) is 0 Å². The second-order valence-electron chi connectivity index (χ2n) is 4.50. The summed E-state index contributed by atoms with van der Waals surface area (Å²) in [5.41, 5.74) is 0. The zero-order valence-electron chi connectivity index (χ0n) is 10.9. The summed E-state index contributed by atoms with van der Waals surface area (Å²) >= 11 is 0. The van der Waals surface area contributed by atoms with E-state index >= 15 is 0 Å². The van der Waals surface area contributed by atoms with Gasteiger partial charge in [-0.15, -0.1) is 0 Å². The van der Waals surface area contributed by atoms with Gasteiger partial charge in [-0.05, 0) is 29.8 Å². The van der Waals surface area contributed by atoms with Crippen LogP contribution in [-0.4, -0.2) is 31.0 Å². The molecule has 0 saturated carbocycles. The van der Waals surface area contributed by atoms with E-state index in [1.165, 1.54) is 4.90 Å². The smallest absolute Gasteiger partial charge is 0.262 e. The molecule has 3 heteroatoms. The number of hydrogen-bond donors (Lipinski definition) is 0. The van der Waals surface area contributed by atoms with Crippen LogP contribution in [0.25, 0.3) is 10.8 Å². The second kappa shape index (κ2) is 5.08. The molecular weight excluding hydrogens is 226 g/mol. The summed E-state index contributed by atoms with van der Waals surface area (Å²) in [6.45, 7) is 1.76. The first-order valence-corrected chi connectivity index (χ1v) is 5.94. The summed E-state index contributed by atoms with van der Waals surface area (Å²) in [7, 11) is 3.45. The average Bonchev–Trinajstić information content (AvgIpc) is 2.37. The van der Waals surface area contributed by atoms with Crippen molar-refractivity contribution >= 4 is 16.7 Å². The van der Waals surface area contributed by atoms with Crippen molar-refractivity contribution in [3.63, 3.8) is 0 Å². The highest BCUT2D eigenvalue weighted by Gasteiger charge is 2.16. The Morgan fingerprint density at radius 2 is 1.78 bits per heavy atom. The monoisotopic (exact) mass is 243 g/mol. The van der Waals surface area contributed by atoms with Gasteiger partial charge in [0.1, 0.15) is 5.75 Å². The second-order valence-corrected chi connectivity index (χ2v) is 4.50. The molecule has 0 fully saturated rings. The average molecular weight is 243 g/mol. The van der Waals surface area contributed by atoms with Gasteiger partial charge in [0.15, 0.2) is 6.10 Å². The third-order valence-corrected chi connectivity index (χ3v) is 2.82. The zero-order chi connectivity index (χ0) is 13.1. The Morgan fingerprint density at radius 3 is 2.44 bits per heavy atom. The molecule has 0 bridgehead atoms. The van der Waals surface area contributed by atoms with Gasteiger partial charge >= 0.3 is 0 Å². The van der Waals surface area contributed by atoms with Crippen LogP contribution >= 0.6 is 0 Å². The molecule has 0 aromatic heterocycles. The van der Waals surface area contributed by atoms with Crippen LogP contribution in [0.1, 0.15) is 6.92 Å². The van der Waals surface area contributed by atoms with E-state index in [2.05, 4.69) is 0 Å². The quantitative estimate of drug-likeness (QED) is 0.829. The van der Waals surface area contributed by atoms with Crippen molar-refractivity contribution in [1.29, 1.82) is 0 Å². The first kappa shape index (κ1) is 12.4. The molecule has 0 spiro atoms. The fourth-order valence-electron chi connectivity index (χ4n) is 1.86. The first-order valence-electron chi connectivity index (χ1n) is 5.94. The number of hydrogen-bond acceptors (Lipinski definition) is 2. The number of amides is 1. The Balaban J connectivity index is 2.19. The van der Waals surface area contributed by atoms with E-state index in [0.29, 0.717) is 0 Å². The number of carbonyl (C=O) groups is 1. The predicted molar refractivity (Wildman–Crippen MR) is 72.7 cm³/mol. The maximum absolute atomic E-state index is 11.7. The Bertz CT molecular complexity index is 563. The molecule has 0 radical (unpaired) electrons. The number of nitrogens with zero attached hydrogens (tertiary/aromatic N) is 1. The van der Waals surface area contributed by atoms with Crippen LogP contribution in [0, 0.1) is 0 Å². The number of ether oxygens (including phenoxy) is 1. The minimum Gasteiger partial charge on any atom is -0.481 e. The molecule has 94 valence electrons. The Hall–Kier alpha value is -2.03. The number of carbonyl (C=O) groups excluding carboxylic acids is 1. The minimum absolute atomic E-state index is 0.0387. The molecule has 0 aliphatic heterocycles. The molecule has 0 aliphatic carbocycles. The van der Waals surface area contributed by atoms with Crippen molar-refractivity contribution in [2.24, 2.45) is 0 Å². The lowest BCUT2D eigenvalue weighted by atomic mass is 10.1. The van der Waals surface area contributed by atoms with E-state index in [4.69, 9.17) is 4.74 Å². The summed E-state index contributed by atoms with van der Waals surface area (Å²) in [6, 6.07) is 13.9.